The minimum atomic E-state index is 0.354. The zero-order valence-electron chi connectivity index (χ0n) is 8.34. The summed E-state index contributed by atoms with van der Waals surface area (Å²) >= 11 is 0. The average molecular weight is 179 g/mol. The lowest BCUT2D eigenvalue weighted by Crippen LogP contribution is -2.17. The molecule has 0 amide bonds. The highest BCUT2D eigenvalue weighted by molar-refractivity contribution is 5.25. The van der Waals surface area contributed by atoms with Crippen LogP contribution in [0.1, 0.15) is 25.5 Å². The Balaban J connectivity index is 2.12. The molecule has 1 N–H and O–H groups in total. The fourth-order valence-electron chi connectivity index (χ4n) is 2.37. The van der Waals surface area contributed by atoms with E-state index >= 15 is 0 Å². The van der Waals surface area contributed by atoms with Crippen molar-refractivity contribution < 1.29 is 4.42 Å². The highest BCUT2D eigenvalue weighted by Crippen LogP contribution is 2.56. The molecule has 0 saturated heterocycles. The largest absolute Gasteiger partial charge is 0.469 e. The lowest BCUT2D eigenvalue weighted by molar-refractivity contribution is 0.418. The van der Waals surface area contributed by atoms with Gasteiger partial charge in [0, 0.05) is 5.41 Å². The zero-order chi connectivity index (χ0) is 9.31. The van der Waals surface area contributed by atoms with Gasteiger partial charge in [-0.2, -0.15) is 0 Å². The van der Waals surface area contributed by atoms with Crippen LogP contribution in [0.15, 0.2) is 22.8 Å². The summed E-state index contributed by atoms with van der Waals surface area (Å²) in [5.41, 5.74) is 0.354. The van der Waals surface area contributed by atoms with E-state index in [4.69, 9.17) is 4.42 Å². The Morgan fingerprint density at radius 3 is 3.08 bits per heavy atom. The molecule has 1 aromatic heterocycles. The summed E-state index contributed by atoms with van der Waals surface area (Å²) in [4.78, 5) is 0. The molecule has 0 radical (unpaired) electrons. The van der Waals surface area contributed by atoms with E-state index in [1.807, 2.05) is 13.1 Å². The summed E-state index contributed by atoms with van der Waals surface area (Å²) in [6.07, 6.45) is 4.24. The predicted molar refractivity (Wildman–Crippen MR) is 52.7 cm³/mol. The van der Waals surface area contributed by atoms with Gasteiger partial charge in [0.05, 0.1) is 6.26 Å². The van der Waals surface area contributed by atoms with E-state index in [2.05, 4.69) is 18.3 Å². The Hall–Kier alpha value is -0.760. The Morgan fingerprint density at radius 1 is 1.69 bits per heavy atom. The molecule has 2 heteroatoms. The molecule has 2 nitrogen and oxygen atoms in total. The van der Waals surface area contributed by atoms with Crippen molar-refractivity contribution in [3.8, 4) is 0 Å². The van der Waals surface area contributed by atoms with Gasteiger partial charge in [-0.15, -0.1) is 0 Å². The minimum Gasteiger partial charge on any atom is -0.469 e. The Kier molecular flexibility index (Phi) is 2.16. The number of rotatable bonds is 4. The third-order valence-corrected chi connectivity index (χ3v) is 3.33. The van der Waals surface area contributed by atoms with Crippen LogP contribution in [0.4, 0.5) is 0 Å². The van der Waals surface area contributed by atoms with E-state index in [1.54, 1.807) is 6.26 Å². The van der Waals surface area contributed by atoms with Crippen molar-refractivity contribution in [2.45, 2.75) is 25.2 Å². The van der Waals surface area contributed by atoms with E-state index in [-0.39, 0.29) is 0 Å². The lowest BCUT2D eigenvalue weighted by atomic mass is 9.97. The van der Waals surface area contributed by atoms with Gasteiger partial charge in [-0.05, 0) is 44.5 Å². The third kappa shape index (κ3) is 1.29. The first-order valence-electron chi connectivity index (χ1n) is 5.02. The Labute approximate surface area is 79.3 Å². The molecule has 2 rings (SSSR count). The van der Waals surface area contributed by atoms with Crippen LogP contribution in [0.2, 0.25) is 0 Å². The topological polar surface area (TPSA) is 25.2 Å². The van der Waals surface area contributed by atoms with Crippen molar-refractivity contribution in [2.75, 3.05) is 13.6 Å². The van der Waals surface area contributed by atoms with Crippen LogP contribution < -0.4 is 5.32 Å². The molecule has 2 atom stereocenters. The van der Waals surface area contributed by atoms with Crippen LogP contribution in [0.5, 0.6) is 0 Å². The van der Waals surface area contributed by atoms with Gasteiger partial charge in [-0.25, -0.2) is 0 Å². The van der Waals surface area contributed by atoms with Crippen LogP contribution in [-0.2, 0) is 5.41 Å². The van der Waals surface area contributed by atoms with Crippen molar-refractivity contribution in [3.63, 3.8) is 0 Å². The second kappa shape index (κ2) is 3.18. The molecule has 0 aliphatic heterocycles. The molecule has 1 saturated carbocycles. The van der Waals surface area contributed by atoms with Crippen molar-refractivity contribution in [1.82, 2.24) is 5.32 Å². The molecule has 1 aromatic rings. The zero-order valence-corrected chi connectivity index (χ0v) is 8.34. The number of furan rings is 1. The Bertz CT molecular complexity index is 268. The molecule has 1 fully saturated rings. The van der Waals surface area contributed by atoms with Gasteiger partial charge >= 0.3 is 0 Å². The van der Waals surface area contributed by atoms with Crippen LogP contribution in [0.25, 0.3) is 0 Å². The summed E-state index contributed by atoms with van der Waals surface area (Å²) in [5.74, 6) is 1.95. The maximum absolute atomic E-state index is 5.50. The first-order valence-corrected chi connectivity index (χ1v) is 5.02. The second-order valence-electron chi connectivity index (χ2n) is 3.95. The molecule has 1 heterocycles. The normalized spacial score (nSPS) is 32.0. The summed E-state index contributed by atoms with van der Waals surface area (Å²) in [7, 11) is 2.01. The summed E-state index contributed by atoms with van der Waals surface area (Å²) in [6, 6.07) is 4.10. The van der Waals surface area contributed by atoms with Gasteiger partial charge in [0.2, 0.25) is 0 Å². The molecule has 0 aromatic carbocycles. The maximum Gasteiger partial charge on any atom is 0.110 e. The molecule has 13 heavy (non-hydrogen) atoms. The van der Waals surface area contributed by atoms with Gasteiger partial charge in [0.15, 0.2) is 0 Å². The van der Waals surface area contributed by atoms with Crippen molar-refractivity contribution >= 4 is 0 Å². The maximum atomic E-state index is 5.50. The third-order valence-electron chi connectivity index (χ3n) is 3.33. The van der Waals surface area contributed by atoms with Crippen LogP contribution in [-0.4, -0.2) is 13.6 Å². The molecular formula is C11H17NO. The van der Waals surface area contributed by atoms with E-state index in [1.165, 1.54) is 18.6 Å². The first-order chi connectivity index (χ1) is 6.33. The van der Waals surface area contributed by atoms with Crippen LogP contribution >= 0.6 is 0 Å². The first kappa shape index (κ1) is 8.82. The molecule has 2 unspecified atom stereocenters. The predicted octanol–water partition coefficient (Wildman–Crippen LogP) is 2.17. The molecular weight excluding hydrogens is 162 g/mol. The van der Waals surface area contributed by atoms with Crippen molar-refractivity contribution in [1.29, 1.82) is 0 Å². The molecule has 0 bridgehead atoms. The van der Waals surface area contributed by atoms with E-state index < -0.39 is 0 Å². The standard InChI is InChI=1S/C11H17NO/c1-3-11(7-9(11)8-12-2)10-5-4-6-13-10/h4-6,9,12H,3,7-8H2,1-2H3. The smallest absolute Gasteiger partial charge is 0.110 e. The second-order valence-corrected chi connectivity index (χ2v) is 3.95. The number of hydrogen-bond acceptors (Lipinski definition) is 2. The highest BCUT2D eigenvalue weighted by atomic mass is 16.3. The summed E-state index contributed by atoms with van der Waals surface area (Å²) < 4.78 is 5.50. The summed E-state index contributed by atoms with van der Waals surface area (Å²) in [5, 5.41) is 3.24. The van der Waals surface area contributed by atoms with Gasteiger partial charge in [-0.1, -0.05) is 6.92 Å². The quantitative estimate of drug-likeness (QED) is 0.766. The molecule has 1 aliphatic rings. The molecule has 0 spiro atoms. The monoisotopic (exact) mass is 179 g/mol. The van der Waals surface area contributed by atoms with Gasteiger partial charge in [-0.3, -0.25) is 0 Å². The van der Waals surface area contributed by atoms with Crippen molar-refractivity contribution in [3.05, 3.63) is 24.2 Å². The summed E-state index contributed by atoms with van der Waals surface area (Å²) in [6.45, 7) is 3.35. The fourth-order valence-corrected chi connectivity index (χ4v) is 2.37. The fraction of sp³-hybridized carbons (Fsp3) is 0.636. The van der Waals surface area contributed by atoms with Crippen LogP contribution in [0, 0.1) is 5.92 Å². The Morgan fingerprint density at radius 2 is 2.54 bits per heavy atom. The molecule has 1 aliphatic carbocycles. The van der Waals surface area contributed by atoms with Gasteiger partial charge in [0.25, 0.3) is 0 Å². The number of nitrogens with one attached hydrogen (secondary N) is 1. The minimum absolute atomic E-state index is 0.354. The highest BCUT2D eigenvalue weighted by Gasteiger charge is 2.55. The lowest BCUT2D eigenvalue weighted by Gasteiger charge is -2.11. The van der Waals surface area contributed by atoms with E-state index in [0.717, 1.165) is 12.5 Å². The van der Waals surface area contributed by atoms with Crippen LogP contribution in [0.3, 0.4) is 0 Å². The van der Waals surface area contributed by atoms with E-state index in [9.17, 15) is 0 Å². The van der Waals surface area contributed by atoms with Gasteiger partial charge in [0.1, 0.15) is 5.76 Å². The SMILES string of the molecule is CCC1(c2ccco2)CC1CNC. The van der Waals surface area contributed by atoms with E-state index in [0.29, 0.717) is 5.41 Å². The average Bonchev–Trinajstić information content (AvgIpc) is 2.64. The van der Waals surface area contributed by atoms with Crippen molar-refractivity contribution in [2.24, 2.45) is 5.92 Å². The number of hydrogen-bond donors (Lipinski definition) is 1. The molecule has 72 valence electrons. The van der Waals surface area contributed by atoms with Gasteiger partial charge < -0.3 is 9.73 Å².